The van der Waals surface area contributed by atoms with Crippen molar-refractivity contribution in [3.05, 3.63) is 84.6 Å². The molecular weight excluding hydrogens is 325 g/mol. The van der Waals surface area contributed by atoms with Crippen LogP contribution in [0.4, 0.5) is 4.39 Å². The maximum absolute atomic E-state index is 13.8. The molecule has 0 unspecified atom stereocenters. The van der Waals surface area contributed by atoms with E-state index in [2.05, 4.69) is 15.0 Å². The van der Waals surface area contributed by atoms with E-state index in [1.54, 1.807) is 43.9 Å². The van der Waals surface area contributed by atoms with Gasteiger partial charge in [0.15, 0.2) is 0 Å². The fourth-order valence-electron chi connectivity index (χ4n) is 2.31. The summed E-state index contributed by atoms with van der Waals surface area (Å²) in [6.45, 7) is 3.96. The van der Waals surface area contributed by atoms with Gasteiger partial charge in [0.1, 0.15) is 5.82 Å². The van der Waals surface area contributed by atoms with E-state index < -0.39 is 0 Å². The molecule has 2 aromatic heterocycles. The van der Waals surface area contributed by atoms with Crippen molar-refractivity contribution in [2.75, 3.05) is 7.05 Å². The Morgan fingerprint density at radius 3 is 2.50 bits per heavy atom. The minimum atomic E-state index is -0.264. The summed E-state index contributed by atoms with van der Waals surface area (Å²) in [5.74, 6) is -0.264. The van der Waals surface area contributed by atoms with Crippen LogP contribution in [0.15, 0.2) is 78.2 Å². The molecule has 2 heterocycles. The van der Waals surface area contributed by atoms with Crippen LogP contribution in [0, 0.1) is 12.7 Å². The first kappa shape index (κ1) is 19.2. The normalized spacial score (nSPS) is 10.8. The number of aliphatic imine (C=N–C) groups is 1. The highest BCUT2D eigenvalue weighted by molar-refractivity contribution is 5.71. The monoisotopic (exact) mass is 347 g/mol. The third-order valence-electron chi connectivity index (χ3n) is 3.55. The fraction of sp³-hybridized carbons (Fsp3) is 0.136. The molecule has 0 atom stereocenters. The highest BCUT2D eigenvalue weighted by Gasteiger charge is 2.07. The van der Waals surface area contributed by atoms with Crippen LogP contribution in [-0.4, -0.2) is 23.2 Å². The first-order valence-electron chi connectivity index (χ1n) is 8.32. The highest BCUT2D eigenvalue weighted by atomic mass is 19.1. The number of benzene rings is 1. The number of aryl methyl sites for hydroxylation is 1. The predicted molar refractivity (Wildman–Crippen MR) is 107 cm³/mol. The van der Waals surface area contributed by atoms with Crippen LogP contribution in [0.3, 0.4) is 0 Å². The van der Waals surface area contributed by atoms with E-state index in [4.69, 9.17) is 0 Å². The van der Waals surface area contributed by atoms with Gasteiger partial charge in [-0.05, 0) is 61.4 Å². The molecule has 0 N–H and O–H groups in total. The summed E-state index contributed by atoms with van der Waals surface area (Å²) < 4.78 is 13.8. The molecule has 132 valence electrons. The maximum atomic E-state index is 13.8. The second kappa shape index (κ2) is 9.99. The van der Waals surface area contributed by atoms with Gasteiger partial charge in [-0.1, -0.05) is 18.2 Å². The first-order valence-corrected chi connectivity index (χ1v) is 8.32. The summed E-state index contributed by atoms with van der Waals surface area (Å²) in [5.41, 5.74) is 4.21. The number of nitrogens with zero attached hydrogens (tertiary/aromatic N) is 3. The molecule has 0 fully saturated rings. The molecule has 0 spiro atoms. The minimum Gasteiger partial charge on any atom is -0.297 e. The number of rotatable bonds is 3. The summed E-state index contributed by atoms with van der Waals surface area (Å²) in [6.07, 6.45) is 10.9. The highest BCUT2D eigenvalue weighted by Crippen LogP contribution is 2.26. The summed E-state index contributed by atoms with van der Waals surface area (Å²) >= 11 is 0. The molecule has 0 saturated carbocycles. The van der Waals surface area contributed by atoms with E-state index in [0.29, 0.717) is 11.3 Å². The Hall–Kier alpha value is -3.14. The first-order chi connectivity index (χ1) is 12.7. The van der Waals surface area contributed by atoms with Gasteiger partial charge in [0, 0.05) is 43.0 Å². The van der Waals surface area contributed by atoms with Crippen LogP contribution in [0.5, 0.6) is 0 Å². The van der Waals surface area contributed by atoms with Crippen LogP contribution in [0.25, 0.3) is 22.4 Å². The van der Waals surface area contributed by atoms with Gasteiger partial charge in [0.25, 0.3) is 0 Å². The molecule has 0 aliphatic rings. The van der Waals surface area contributed by atoms with Gasteiger partial charge >= 0.3 is 0 Å². The summed E-state index contributed by atoms with van der Waals surface area (Å²) in [4.78, 5) is 12.2. The van der Waals surface area contributed by atoms with Gasteiger partial charge in [-0.3, -0.25) is 15.0 Å². The molecular formula is C22H22FN3. The molecule has 3 aromatic rings. The Labute approximate surface area is 154 Å². The lowest BCUT2D eigenvalue weighted by Gasteiger charge is -2.06. The zero-order chi connectivity index (χ0) is 18.8. The number of halogens is 1. The molecule has 0 radical (unpaired) electrons. The number of allylic oxidation sites excluding steroid dienone is 2. The summed E-state index contributed by atoms with van der Waals surface area (Å²) in [6, 6.07) is 12.5. The molecule has 26 heavy (non-hydrogen) atoms. The summed E-state index contributed by atoms with van der Waals surface area (Å²) in [7, 11) is 1.75. The average molecular weight is 347 g/mol. The number of pyridine rings is 2. The Morgan fingerprint density at radius 2 is 1.85 bits per heavy atom. The summed E-state index contributed by atoms with van der Waals surface area (Å²) in [5, 5.41) is 0. The van der Waals surface area contributed by atoms with Crippen LogP contribution < -0.4 is 0 Å². The molecule has 0 bridgehead atoms. The lowest BCUT2D eigenvalue weighted by molar-refractivity contribution is 0.631. The van der Waals surface area contributed by atoms with Crippen molar-refractivity contribution in [3.8, 4) is 22.4 Å². The standard InChI is InChI=1S/C17H13FN2.C5H9N/c1-12-8-14(11-19-10-12)13-6-7-20-17(9-13)15-4-2-3-5-16(15)18;1-3-4-5-6-2/h2-11H,1H3;3-5H,1-2H3/b;4-3-,6-5?. The van der Waals surface area contributed by atoms with E-state index in [9.17, 15) is 4.39 Å². The predicted octanol–water partition coefficient (Wildman–Crippen LogP) is 5.52. The minimum absolute atomic E-state index is 0.264. The topological polar surface area (TPSA) is 38.1 Å². The zero-order valence-corrected chi connectivity index (χ0v) is 15.2. The smallest absolute Gasteiger partial charge is 0.132 e. The van der Waals surface area contributed by atoms with Crippen molar-refractivity contribution in [1.82, 2.24) is 9.97 Å². The van der Waals surface area contributed by atoms with Gasteiger partial charge in [-0.25, -0.2) is 4.39 Å². The SMILES string of the molecule is C/C=C\C=NC.Cc1cncc(-c2ccnc(-c3ccccc3F)c2)c1. The molecule has 3 rings (SSSR count). The lowest BCUT2D eigenvalue weighted by Crippen LogP contribution is -1.89. The van der Waals surface area contributed by atoms with Crippen molar-refractivity contribution in [2.45, 2.75) is 13.8 Å². The Balaban J connectivity index is 0.000000352. The van der Waals surface area contributed by atoms with E-state index >= 15 is 0 Å². The van der Waals surface area contributed by atoms with E-state index in [1.807, 2.05) is 50.4 Å². The second-order valence-corrected chi connectivity index (χ2v) is 5.59. The quantitative estimate of drug-likeness (QED) is 0.585. The van der Waals surface area contributed by atoms with Crippen molar-refractivity contribution in [2.24, 2.45) is 4.99 Å². The van der Waals surface area contributed by atoms with E-state index in [1.165, 1.54) is 6.07 Å². The van der Waals surface area contributed by atoms with Crippen molar-refractivity contribution >= 4 is 6.21 Å². The number of hydrogen-bond acceptors (Lipinski definition) is 3. The molecule has 0 amide bonds. The molecule has 4 heteroatoms. The average Bonchev–Trinajstić information content (AvgIpc) is 2.67. The van der Waals surface area contributed by atoms with Crippen LogP contribution in [0.2, 0.25) is 0 Å². The largest absolute Gasteiger partial charge is 0.297 e. The fourth-order valence-corrected chi connectivity index (χ4v) is 2.31. The second-order valence-electron chi connectivity index (χ2n) is 5.59. The Bertz CT molecular complexity index is 891. The third-order valence-corrected chi connectivity index (χ3v) is 3.55. The molecule has 0 saturated heterocycles. The van der Waals surface area contributed by atoms with Crippen LogP contribution in [0.1, 0.15) is 12.5 Å². The Kier molecular flexibility index (Phi) is 7.37. The van der Waals surface area contributed by atoms with E-state index in [0.717, 1.165) is 16.7 Å². The van der Waals surface area contributed by atoms with Gasteiger partial charge < -0.3 is 0 Å². The van der Waals surface area contributed by atoms with Gasteiger partial charge in [-0.2, -0.15) is 0 Å². The Morgan fingerprint density at radius 1 is 1.04 bits per heavy atom. The van der Waals surface area contributed by atoms with Crippen molar-refractivity contribution in [1.29, 1.82) is 0 Å². The molecule has 0 aliphatic carbocycles. The van der Waals surface area contributed by atoms with E-state index in [-0.39, 0.29) is 5.82 Å². The molecule has 3 nitrogen and oxygen atoms in total. The van der Waals surface area contributed by atoms with Crippen molar-refractivity contribution < 1.29 is 4.39 Å². The van der Waals surface area contributed by atoms with Gasteiger partial charge in [0.2, 0.25) is 0 Å². The maximum Gasteiger partial charge on any atom is 0.132 e. The number of aromatic nitrogens is 2. The van der Waals surface area contributed by atoms with Crippen LogP contribution in [-0.2, 0) is 0 Å². The van der Waals surface area contributed by atoms with Crippen molar-refractivity contribution in [3.63, 3.8) is 0 Å². The lowest BCUT2D eigenvalue weighted by atomic mass is 10.0. The molecule has 0 aliphatic heterocycles. The van der Waals surface area contributed by atoms with Crippen LogP contribution >= 0.6 is 0 Å². The molecule has 1 aromatic carbocycles. The van der Waals surface area contributed by atoms with Gasteiger partial charge in [0.05, 0.1) is 5.69 Å². The third kappa shape index (κ3) is 5.45. The zero-order valence-electron chi connectivity index (χ0n) is 15.2. The number of hydrogen-bond donors (Lipinski definition) is 0. The van der Waals surface area contributed by atoms with Gasteiger partial charge in [-0.15, -0.1) is 0 Å².